The Balaban J connectivity index is 1.81. The Morgan fingerprint density at radius 3 is 0.950 bits per heavy atom. The van der Waals surface area contributed by atoms with E-state index in [0.29, 0.717) is 57.8 Å². The summed E-state index contributed by atoms with van der Waals surface area (Å²) in [5.41, 5.74) is -4.83. The van der Waals surface area contributed by atoms with Crippen molar-refractivity contribution in [3.05, 3.63) is 69.4 Å². The van der Waals surface area contributed by atoms with Crippen molar-refractivity contribution in [3.63, 3.8) is 0 Å². The monoisotopic (exact) mass is 841 g/mol. The smallest absolute Gasteiger partial charge is 0.407 e. The zero-order valence-electron chi connectivity index (χ0n) is 37.7. The van der Waals surface area contributed by atoms with Crippen LogP contribution in [0.5, 0.6) is 0 Å². The van der Waals surface area contributed by atoms with E-state index < -0.39 is 51.6 Å². The first kappa shape index (κ1) is 48.1. The largest absolute Gasteiger partial charge is 0.445 e. The molecule has 0 spiro atoms. The molecule has 0 bridgehead atoms. The second-order valence-electron chi connectivity index (χ2n) is 21.5. The van der Waals surface area contributed by atoms with Crippen LogP contribution in [-0.2, 0) is 33.8 Å². The number of nitrogens with zero attached hydrogens (tertiary/aromatic N) is 3. The van der Waals surface area contributed by atoms with Crippen molar-refractivity contribution in [3.8, 4) is 0 Å². The van der Waals surface area contributed by atoms with E-state index in [1.54, 1.807) is 0 Å². The minimum atomic E-state index is -0.695. The molecule has 4 rings (SSSR count). The summed E-state index contributed by atoms with van der Waals surface area (Å²) in [5, 5.41) is 8.94. The van der Waals surface area contributed by atoms with Crippen molar-refractivity contribution in [2.24, 2.45) is 32.5 Å². The number of hydrogen-bond acceptors (Lipinski definition) is 9. The standard InChI is InChI=1S/C45H72N6O9/c1-13-16-58-34(52)46-31-19-40(4,5)25-43(10,22-31)28-49-37(55)50(29-44(11)23-32(20-41(6,7)26-44)47-35(53)59-17-14-2)39(57)51(38(49)56)30-45(12)24-33(21-42(8,9)27-45)48-36(54)60-18-15-3/h13-15,31-33H,1-3,16-30H2,4-12H3,(H,46,52)(H,47,53)(H,48,54). The molecular weight excluding hydrogens is 769 g/mol. The van der Waals surface area contributed by atoms with Crippen molar-refractivity contribution in [1.82, 2.24) is 29.7 Å². The van der Waals surface area contributed by atoms with Gasteiger partial charge in [0.25, 0.3) is 0 Å². The molecule has 1 aromatic rings. The minimum absolute atomic E-state index is 0.0112. The molecule has 3 aliphatic carbocycles. The van der Waals surface area contributed by atoms with Crippen LogP contribution in [0.25, 0.3) is 0 Å². The first-order chi connectivity index (χ1) is 27.7. The minimum Gasteiger partial charge on any atom is -0.445 e. The lowest BCUT2D eigenvalue weighted by Crippen LogP contribution is -2.60. The molecule has 3 saturated carbocycles. The summed E-state index contributed by atoms with van der Waals surface area (Å²) in [6.07, 6.45) is 8.12. The first-order valence-electron chi connectivity index (χ1n) is 21.3. The highest BCUT2D eigenvalue weighted by Crippen LogP contribution is 2.49. The van der Waals surface area contributed by atoms with Gasteiger partial charge in [0.15, 0.2) is 0 Å². The topological polar surface area (TPSA) is 181 Å². The second kappa shape index (κ2) is 18.6. The quantitative estimate of drug-likeness (QED) is 0.129. The van der Waals surface area contributed by atoms with E-state index in [4.69, 9.17) is 14.2 Å². The molecule has 0 aromatic carbocycles. The van der Waals surface area contributed by atoms with E-state index in [1.165, 1.54) is 31.9 Å². The number of carbonyl (C=O) groups excluding carboxylic acids is 3. The second-order valence-corrected chi connectivity index (χ2v) is 21.5. The zero-order valence-corrected chi connectivity index (χ0v) is 37.7. The third kappa shape index (κ3) is 13.0. The molecule has 6 unspecified atom stereocenters. The summed E-state index contributed by atoms with van der Waals surface area (Å²) in [5.74, 6) is 0. The van der Waals surface area contributed by atoms with Gasteiger partial charge in [-0.05, 0) is 90.3 Å². The van der Waals surface area contributed by atoms with Crippen molar-refractivity contribution >= 4 is 18.3 Å². The number of hydrogen-bond donors (Lipinski definition) is 3. The predicted molar refractivity (Wildman–Crippen MR) is 232 cm³/mol. The molecule has 3 fully saturated rings. The highest BCUT2D eigenvalue weighted by molar-refractivity contribution is 5.68. The average Bonchev–Trinajstić information content (AvgIpc) is 3.08. The van der Waals surface area contributed by atoms with Crippen LogP contribution in [0.15, 0.2) is 52.3 Å². The summed E-state index contributed by atoms with van der Waals surface area (Å²) >= 11 is 0. The van der Waals surface area contributed by atoms with E-state index in [1.807, 2.05) is 20.8 Å². The molecule has 1 aromatic heterocycles. The van der Waals surface area contributed by atoms with Gasteiger partial charge in [0.2, 0.25) is 0 Å². The summed E-state index contributed by atoms with van der Waals surface area (Å²) < 4.78 is 19.4. The molecule has 336 valence electrons. The molecule has 0 aliphatic heterocycles. The van der Waals surface area contributed by atoms with Crippen LogP contribution in [0.2, 0.25) is 0 Å². The highest BCUT2D eigenvalue weighted by Gasteiger charge is 2.47. The van der Waals surface area contributed by atoms with Gasteiger partial charge >= 0.3 is 35.3 Å². The van der Waals surface area contributed by atoms with E-state index in [0.717, 1.165) is 0 Å². The van der Waals surface area contributed by atoms with Crippen LogP contribution >= 0.6 is 0 Å². The van der Waals surface area contributed by atoms with Gasteiger partial charge in [-0.25, -0.2) is 42.5 Å². The Morgan fingerprint density at radius 1 is 0.500 bits per heavy atom. The lowest BCUT2D eigenvalue weighted by atomic mass is 9.62. The zero-order chi connectivity index (χ0) is 44.9. The summed E-state index contributed by atoms with van der Waals surface area (Å²) in [7, 11) is 0. The van der Waals surface area contributed by atoms with Crippen LogP contribution in [0.4, 0.5) is 14.4 Å². The molecular formula is C45H72N6O9. The Labute approximate surface area is 355 Å². The maximum absolute atomic E-state index is 14.9. The molecule has 3 amide bonds. The van der Waals surface area contributed by atoms with Crippen LogP contribution in [-0.4, -0.2) is 69.9 Å². The van der Waals surface area contributed by atoms with Crippen molar-refractivity contribution in [1.29, 1.82) is 0 Å². The number of amides is 3. The van der Waals surface area contributed by atoms with Crippen molar-refractivity contribution in [2.45, 2.75) is 158 Å². The lowest BCUT2D eigenvalue weighted by molar-refractivity contribution is 0.0405. The fraction of sp³-hybridized carbons (Fsp3) is 0.733. The molecule has 1 heterocycles. The first-order valence-corrected chi connectivity index (χ1v) is 21.3. The van der Waals surface area contributed by atoms with Crippen LogP contribution in [0.3, 0.4) is 0 Å². The molecule has 3 aliphatic rings. The number of nitrogens with one attached hydrogen (secondary N) is 3. The van der Waals surface area contributed by atoms with E-state index in [2.05, 4.69) is 77.2 Å². The highest BCUT2D eigenvalue weighted by atomic mass is 16.6. The van der Waals surface area contributed by atoms with Gasteiger partial charge < -0.3 is 30.2 Å². The molecule has 60 heavy (non-hydrogen) atoms. The van der Waals surface area contributed by atoms with Gasteiger partial charge in [0, 0.05) is 37.8 Å². The van der Waals surface area contributed by atoms with Crippen LogP contribution < -0.4 is 33.0 Å². The molecule has 3 N–H and O–H groups in total. The third-order valence-corrected chi connectivity index (χ3v) is 12.3. The normalized spacial score (nSPS) is 29.2. The summed E-state index contributed by atoms with van der Waals surface area (Å²) in [4.78, 5) is 82.6. The average molecular weight is 841 g/mol. The summed E-state index contributed by atoms with van der Waals surface area (Å²) in [6.45, 7) is 29.7. The molecule has 15 nitrogen and oxygen atoms in total. The molecule has 0 saturated heterocycles. The van der Waals surface area contributed by atoms with Crippen molar-refractivity contribution < 1.29 is 28.6 Å². The number of ether oxygens (including phenoxy) is 3. The fourth-order valence-electron chi connectivity index (χ4n) is 11.8. The molecule has 0 radical (unpaired) electrons. The maximum Gasteiger partial charge on any atom is 0.407 e. The molecule has 6 atom stereocenters. The Hall–Kier alpha value is -4.56. The maximum atomic E-state index is 14.9. The third-order valence-electron chi connectivity index (χ3n) is 12.3. The number of carbonyl (C=O) groups is 3. The van der Waals surface area contributed by atoms with Gasteiger partial charge in [-0.2, -0.15) is 0 Å². The van der Waals surface area contributed by atoms with Gasteiger partial charge in [0.1, 0.15) is 19.8 Å². The van der Waals surface area contributed by atoms with E-state index in [9.17, 15) is 28.8 Å². The predicted octanol–water partition coefficient (Wildman–Crippen LogP) is 6.66. The summed E-state index contributed by atoms with van der Waals surface area (Å²) in [6, 6.07) is -0.884. The fourth-order valence-corrected chi connectivity index (χ4v) is 11.8. The van der Waals surface area contributed by atoms with Gasteiger partial charge in [-0.1, -0.05) is 100 Å². The van der Waals surface area contributed by atoms with Crippen LogP contribution in [0, 0.1) is 32.5 Å². The Kier molecular flexibility index (Phi) is 14.9. The van der Waals surface area contributed by atoms with Gasteiger partial charge in [-0.15, -0.1) is 0 Å². The number of alkyl carbamates (subject to hydrolysis) is 3. The van der Waals surface area contributed by atoms with Crippen LogP contribution in [0.1, 0.15) is 120 Å². The van der Waals surface area contributed by atoms with E-state index >= 15 is 0 Å². The Bertz CT molecular complexity index is 1710. The lowest BCUT2D eigenvalue weighted by Gasteiger charge is -2.48. The number of rotatable bonds is 15. The van der Waals surface area contributed by atoms with E-state index in [-0.39, 0.29) is 73.8 Å². The van der Waals surface area contributed by atoms with Crippen molar-refractivity contribution in [2.75, 3.05) is 19.8 Å². The molecule has 15 heteroatoms. The number of aromatic nitrogens is 3. The van der Waals surface area contributed by atoms with Gasteiger partial charge in [-0.3, -0.25) is 0 Å². The SMILES string of the molecule is C=CCOC(=O)NC1CC(C)(C)CC(C)(Cn2c(=O)n(CC3(C)CC(NC(=O)OCC=C)CC(C)(C)C3)c(=O)n(CC3(C)CC(NC(=O)OCC=C)CC(C)(C)C3)c2=O)C1. The van der Waals surface area contributed by atoms with Gasteiger partial charge in [0.05, 0.1) is 0 Å². The Morgan fingerprint density at radius 2 is 0.733 bits per heavy atom.